The standard InChI is InChI=1S/C13H16N2O3S/c1-18-6-2-5-14-13(17)9-3-4-11-10(7-9)15-12(16)8-19-11/h3-4,7H,2,5-6,8H2,1H3,(H,14,17)(H,15,16). The normalized spacial score (nSPS) is 13.6. The Hall–Kier alpha value is -1.53. The lowest BCUT2D eigenvalue weighted by molar-refractivity contribution is -0.113. The molecule has 0 radical (unpaired) electrons. The van der Waals surface area contributed by atoms with Crippen LogP contribution in [0, 0.1) is 0 Å². The first kappa shape index (κ1) is 13.9. The van der Waals surface area contributed by atoms with Crippen molar-refractivity contribution in [3.63, 3.8) is 0 Å². The number of ether oxygens (including phenoxy) is 1. The van der Waals surface area contributed by atoms with Crippen molar-refractivity contribution in [3.05, 3.63) is 23.8 Å². The fraction of sp³-hybridized carbons (Fsp3) is 0.385. The van der Waals surface area contributed by atoms with Gasteiger partial charge in [0.15, 0.2) is 0 Å². The number of benzene rings is 1. The largest absolute Gasteiger partial charge is 0.385 e. The van der Waals surface area contributed by atoms with Gasteiger partial charge in [0.2, 0.25) is 5.91 Å². The third-order valence-corrected chi connectivity index (χ3v) is 3.76. The van der Waals surface area contributed by atoms with E-state index in [0.29, 0.717) is 30.2 Å². The number of amides is 2. The van der Waals surface area contributed by atoms with E-state index in [1.165, 1.54) is 11.8 Å². The van der Waals surface area contributed by atoms with Gasteiger partial charge in [-0.05, 0) is 24.6 Å². The predicted molar refractivity (Wildman–Crippen MR) is 74.6 cm³/mol. The van der Waals surface area contributed by atoms with Gasteiger partial charge in [0, 0.05) is 30.7 Å². The molecule has 1 heterocycles. The van der Waals surface area contributed by atoms with Crippen molar-refractivity contribution in [2.75, 3.05) is 31.3 Å². The summed E-state index contributed by atoms with van der Waals surface area (Å²) in [5, 5.41) is 5.59. The number of carbonyl (C=O) groups is 2. The number of hydrogen-bond acceptors (Lipinski definition) is 4. The van der Waals surface area contributed by atoms with E-state index in [-0.39, 0.29) is 11.8 Å². The van der Waals surface area contributed by atoms with Gasteiger partial charge in [0.25, 0.3) is 5.91 Å². The lowest BCUT2D eigenvalue weighted by atomic mass is 10.2. The third-order valence-electron chi connectivity index (χ3n) is 2.69. The highest BCUT2D eigenvalue weighted by Crippen LogP contribution is 2.31. The Labute approximate surface area is 116 Å². The molecule has 6 heteroatoms. The zero-order valence-electron chi connectivity index (χ0n) is 10.7. The zero-order valence-corrected chi connectivity index (χ0v) is 11.5. The number of thioether (sulfide) groups is 1. The number of fused-ring (bicyclic) bond motifs is 1. The lowest BCUT2D eigenvalue weighted by Gasteiger charge is -2.16. The Kier molecular flexibility index (Phi) is 4.81. The first-order valence-electron chi connectivity index (χ1n) is 6.04. The zero-order chi connectivity index (χ0) is 13.7. The second-order valence-corrected chi connectivity index (χ2v) is 5.17. The van der Waals surface area contributed by atoms with Crippen LogP contribution in [0.25, 0.3) is 0 Å². The molecule has 1 aromatic carbocycles. The first-order valence-corrected chi connectivity index (χ1v) is 7.03. The van der Waals surface area contributed by atoms with E-state index in [1.54, 1.807) is 19.2 Å². The van der Waals surface area contributed by atoms with E-state index >= 15 is 0 Å². The average Bonchev–Trinajstić information content (AvgIpc) is 2.42. The van der Waals surface area contributed by atoms with Crippen LogP contribution in [0.1, 0.15) is 16.8 Å². The van der Waals surface area contributed by atoms with Crippen LogP contribution < -0.4 is 10.6 Å². The summed E-state index contributed by atoms with van der Waals surface area (Å²) in [6.45, 7) is 1.20. The van der Waals surface area contributed by atoms with Crippen molar-refractivity contribution in [3.8, 4) is 0 Å². The summed E-state index contributed by atoms with van der Waals surface area (Å²) >= 11 is 1.48. The van der Waals surface area contributed by atoms with Gasteiger partial charge in [0.05, 0.1) is 11.4 Å². The van der Waals surface area contributed by atoms with Crippen molar-refractivity contribution >= 4 is 29.3 Å². The lowest BCUT2D eigenvalue weighted by Crippen LogP contribution is -2.26. The van der Waals surface area contributed by atoms with Gasteiger partial charge in [0.1, 0.15) is 0 Å². The minimum absolute atomic E-state index is 0.0323. The quantitative estimate of drug-likeness (QED) is 0.802. The van der Waals surface area contributed by atoms with E-state index in [2.05, 4.69) is 10.6 Å². The molecule has 0 bridgehead atoms. The molecule has 1 aliphatic rings. The van der Waals surface area contributed by atoms with Gasteiger partial charge < -0.3 is 15.4 Å². The first-order chi connectivity index (χ1) is 9.20. The maximum Gasteiger partial charge on any atom is 0.251 e. The molecular formula is C13H16N2O3S. The molecule has 2 N–H and O–H groups in total. The maximum absolute atomic E-state index is 11.9. The highest BCUT2D eigenvalue weighted by Gasteiger charge is 2.17. The number of hydrogen-bond donors (Lipinski definition) is 2. The molecule has 0 unspecified atom stereocenters. The number of rotatable bonds is 5. The van der Waals surface area contributed by atoms with Crippen molar-refractivity contribution in [2.24, 2.45) is 0 Å². The molecule has 1 aliphatic heterocycles. The van der Waals surface area contributed by atoms with Crippen LogP contribution in [0.2, 0.25) is 0 Å². The fourth-order valence-corrected chi connectivity index (χ4v) is 2.53. The van der Waals surface area contributed by atoms with Crippen LogP contribution in [-0.2, 0) is 9.53 Å². The molecule has 0 aliphatic carbocycles. The highest BCUT2D eigenvalue weighted by molar-refractivity contribution is 8.00. The molecule has 0 aromatic heterocycles. The summed E-state index contributed by atoms with van der Waals surface area (Å²) in [5.41, 5.74) is 1.27. The number of carbonyl (C=O) groups excluding carboxylic acids is 2. The maximum atomic E-state index is 11.9. The predicted octanol–water partition coefficient (Wildman–Crippen LogP) is 1.50. The minimum Gasteiger partial charge on any atom is -0.385 e. The van der Waals surface area contributed by atoms with E-state index in [0.717, 1.165) is 11.3 Å². The second-order valence-electron chi connectivity index (χ2n) is 4.15. The molecule has 0 atom stereocenters. The van der Waals surface area contributed by atoms with Crippen LogP contribution >= 0.6 is 11.8 Å². The molecule has 0 fully saturated rings. The molecule has 0 spiro atoms. The Morgan fingerprint density at radius 1 is 1.53 bits per heavy atom. The van der Waals surface area contributed by atoms with Gasteiger partial charge in [-0.1, -0.05) is 0 Å². The van der Waals surface area contributed by atoms with Crippen LogP contribution in [-0.4, -0.2) is 37.8 Å². The molecule has 19 heavy (non-hydrogen) atoms. The number of methoxy groups -OCH3 is 1. The SMILES string of the molecule is COCCCNC(=O)c1ccc2c(c1)NC(=O)CS2. The van der Waals surface area contributed by atoms with Gasteiger partial charge >= 0.3 is 0 Å². The summed E-state index contributed by atoms with van der Waals surface area (Å²) in [5.74, 6) is 0.258. The number of anilines is 1. The summed E-state index contributed by atoms with van der Waals surface area (Å²) in [7, 11) is 1.63. The Morgan fingerprint density at radius 2 is 2.37 bits per heavy atom. The van der Waals surface area contributed by atoms with E-state index < -0.39 is 0 Å². The van der Waals surface area contributed by atoms with Crippen molar-refractivity contribution in [1.29, 1.82) is 0 Å². The Morgan fingerprint density at radius 3 is 3.16 bits per heavy atom. The van der Waals surface area contributed by atoms with Crippen molar-refractivity contribution in [1.82, 2.24) is 5.32 Å². The third kappa shape index (κ3) is 3.71. The molecule has 2 amide bonds. The molecule has 102 valence electrons. The van der Waals surface area contributed by atoms with Gasteiger partial charge in [-0.25, -0.2) is 0 Å². The second kappa shape index (κ2) is 6.58. The number of nitrogens with one attached hydrogen (secondary N) is 2. The molecule has 2 rings (SSSR count). The van der Waals surface area contributed by atoms with E-state index in [4.69, 9.17) is 4.74 Å². The highest BCUT2D eigenvalue weighted by atomic mass is 32.2. The summed E-state index contributed by atoms with van der Waals surface area (Å²) < 4.78 is 4.91. The van der Waals surface area contributed by atoms with Crippen LogP contribution in [0.5, 0.6) is 0 Å². The smallest absolute Gasteiger partial charge is 0.251 e. The summed E-state index contributed by atoms with van der Waals surface area (Å²) in [4.78, 5) is 24.2. The van der Waals surface area contributed by atoms with Crippen LogP contribution in [0.4, 0.5) is 5.69 Å². The monoisotopic (exact) mass is 280 g/mol. The molecule has 0 saturated heterocycles. The average molecular weight is 280 g/mol. The topological polar surface area (TPSA) is 67.4 Å². The van der Waals surface area contributed by atoms with E-state index in [9.17, 15) is 9.59 Å². The molecule has 5 nitrogen and oxygen atoms in total. The molecule has 0 saturated carbocycles. The van der Waals surface area contributed by atoms with Crippen LogP contribution in [0.15, 0.2) is 23.1 Å². The summed E-state index contributed by atoms with van der Waals surface area (Å²) in [6, 6.07) is 5.35. The molecular weight excluding hydrogens is 264 g/mol. The van der Waals surface area contributed by atoms with E-state index in [1.807, 2.05) is 6.07 Å². The Bertz CT molecular complexity index is 491. The fourth-order valence-electron chi connectivity index (χ4n) is 1.74. The van der Waals surface area contributed by atoms with Crippen LogP contribution in [0.3, 0.4) is 0 Å². The summed E-state index contributed by atoms with van der Waals surface area (Å²) in [6.07, 6.45) is 0.778. The van der Waals surface area contributed by atoms with Gasteiger partial charge in [-0.3, -0.25) is 9.59 Å². The van der Waals surface area contributed by atoms with Gasteiger partial charge in [-0.15, -0.1) is 11.8 Å². The van der Waals surface area contributed by atoms with Crippen molar-refractivity contribution < 1.29 is 14.3 Å². The molecule has 1 aromatic rings. The Balaban J connectivity index is 1.99. The minimum atomic E-state index is -0.135. The van der Waals surface area contributed by atoms with Crippen molar-refractivity contribution in [2.45, 2.75) is 11.3 Å². The van der Waals surface area contributed by atoms with Gasteiger partial charge in [-0.2, -0.15) is 0 Å².